The number of hydrogen-bond acceptors (Lipinski definition) is 4. The van der Waals surface area contributed by atoms with Crippen LogP contribution in [0.3, 0.4) is 0 Å². The standard InChI is InChI=1S/C22H26N4O3S/c1-17-20(15-18-9-5-4-6-10-18)22(27)26(24-17)21-12-11-19(16-23-21)30(28,29)25-13-7-2-3-8-14-25/h4-6,9-12,16,24H,2-3,7-8,13-15H2,1H3. The van der Waals surface area contributed by atoms with Crippen molar-refractivity contribution >= 4 is 10.0 Å². The summed E-state index contributed by atoms with van der Waals surface area (Å²) in [6, 6.07) is 12.9. The molecule has 30 heavy (non-hydrogen) atoms. The number of rotatable bonds is 5. The van der Waals surface area contributed by atoms with Gasteiger partial charge >= 0.3 is 0 Å². The number of aromatic amines is 1. The summed E-state index contributed by atoms with van der Waals surface area (Å²) in [5, 5.41) is 3.06. The first kappa shape index (κ1) is 20.6. The average molecular weight is 427 g/mol. The van der Waals surface area contributed by atoms with Gasteiger partial charge in [0.25, 0.3) is 5.56 Å². The fourth-order valence-corrected chi connectivity index (χ4v) is 5.30. The molecule has 2 aromatic heterocycles. The Morgan fingerprint density at radius 2 is 1.70 bits per heavy atom. The van der Waals surface area contributed by atoms with E-state index in [2.05, 4.69) is 10.1 Å². The van der Waals surface area contributed by atoms with Crippen LogP contribution in [0.4, 0.5) is 0 Å². The van der Waals surface area contributed by atoms with Gasteiger partial charge in [0.15, 0.2) is 5.82 Å². The summed E-state index contributed by atoms with van der Waals surface area (Å²) in [4.78, 5) is 17.4. The smallest absolute Gasteiger partial charge is 0.276 e. The molecule has 1 saturated heterocycles. The Bertz CT molecular complexity index is 1160. The second-order valence-electron chi connectivity index (χ2n) is 7.69. The first-order valence-corrected chi connectivity index (χ1v) is 11.7. The molecule has 7 nitrogen and oxygen atoms in total. The van der Waals surface area contributed by atoms with E-state index in [0.717, 1.165) is 36.9 Å². The third-order valence-corrected chi connectivity index (χ3v) is 7.45. The Morgan fingerprint density at radius 1 is 1.00 bits per heavy atom. The molecule has 0 radical (unpaired) electrons. The summed E-state index contributed by atoms with van der Waals surface area (Å²) in [5.41, 5.74) is 2.32. The molecule has 0 bridgehead atoms. The zero-order valence-electron chi connectivity index (χ0n) is 17.0. The van der Waals surface area contributed by atoms with Crippen molar-refractivity contribution in [1.29, 1.82) is 0 Å². The molecule has 0 spiro atoms. The van der Waals surface area contributed by atoms with Crippen LogP contribution < -0.4 is 5.56 Å². The van der Waals surface area contributed by atoms with Gasteiger partial charge in [-0.1, -0.05) is 43.2 Å². The van der Waals surface area contributed by atoms with E-state index in [1.54, 1.807) is 10.4 Å². The summed E-state index contributed by atoms with van der Waals surface area (Å²) >= 11 is 0. The average Bonchev–Trinajstić information content (AvgIpc) is 2.96. The van der Waals surface area contributed by atoms with Crippen LogP contribution >= 0.6 is 0 Å². The second kappa shape index (κ2) is 8.57. The zero-order valence-corrected chi connectivity index (χ0v) is 17.9. The Hall–Kier alpha value is -2.71. The molecule has 0 atom stereocenters. The molecule has 4 rings (SSSR count). The van der Waals surface area contributed by atoms with Crippen LogP contribution in [0.5, 0.6) is 0 Å². The lowest BCUT2D eigenvalue weighted by Crippen LogP contribution is -2.32. The topological polar surface area (TPSA) is 88.1 Å². The number of aromatic nitrogens is 3. The maximum atomic E-state index is 12.9. The van der Waals surface area contributed by atoms with E-state index < -0.39 is 10.0 Å². The minimum Gasteiger partial charge on any atom is -0.294 e. The summed E-state index contributed by atoms with van der Waals surface area (Å²) < 4.78 is 28.8. The molecule has 0 aliphatic carbocycles. The molecule has 1 aliphatic heterocycles. The van der Waals surface area contributed by atoms with Crippen LogP contribution in [0.25, 0.3) is 5.82 Å². The van der Waals surface area contributed by atoms with Crippen LogP contribution in [0.1, 0.15) is 42.5 Å². The highest BCUT2D eigenvalue weighted by Gasteiger charge is 2.25. The van der Waals surface area contributed by atoms with Crippen molar-refractivity contribution in [2.45, 2.75) is 43.9 Å². The van der Waals surface area contributed by atoms with Gasteiger partial charge in [-0.15, -0.1) is 0 Å². The van der Waals surface area contributed by atoms with E-state index in [9.17, 15) is 13.2 Å². The molecule has 158 valence electrons. The molecule has 1 fully saturated rings. The minimum absolute atomic E-state index is 0.161. The number of H-pyrrole nitrogens is 1. The lowest BCUT2D eigenvalue weighted by Gasteiger charge is -2.19. The first-order valence-electron chi connectivity index (χ1n) is 10.3. The van der Waals surface area contributed by atoms with E-state index in [-0.39, 0.29) is 10.5 Å². The quantitative estimate of drug-likeness (QED) is 0.679. The van der Waals surface area contributed by atoms with Gasteiger partial charge in [0.05, 0.1) is 0 Å². The number of aryl methyl sites for hydroxylation is 1. The van der Waals surface area contributed by atoms with E-state index in [4.69, 9.17) is 0 Å². The first-order chi connectivity index (χ1) is 14.5. The van der Waals surface area contributed by atoms with Crippen molar-refractivity contribution < 1.29 is 8.42 Å². The van der Waals surface area contributed by atoms with Crippen LogP contribution in [-0.2, 0) is 16.4 Å². The van der Waals surface area contributed by atoms with Crippen molar-refractivity contribution in [3.63, 3.8) is 0 Å². The van der Waals surface area contributed by atoms with Gasteiger partial charge < -0.3 is 0 Å². The van der Waals surface area contributed by atoms with Crippen LogP contribution in [-0.4, -0.2) is 40.6 Å². The van der Waals surface area contributed by atoms with E-state index >= 15 is 0 Å². The molecule has 1 aliphatic rings. The molecule has 8 heteroatoms. The van der Waals surface area contributed by atoms with Gasteiger partial charge in [0.2, 0.25) is 10.0 Å². The molecule has 3 aromatic rings. The number of sulfonamides is 1. The SMILES string of the molecule is Cc1[nH]n(-c2ccc(S(=O)(=O)N3CCCCCC3)cn2)c(=O)c1Cc1ccccc1. The highest BCUT2D eigenvalue weighted by Crippen LogP contribution is 2.20. The van der Waals surface area contributed by atoms with Crippen molar-refractivity contribution in [3.8, 4) is 5.82 Å². The molecule has 1 aromatic carbocycles. The van der Waals surface area contributed by atoms with Crippen LogP contribution in [0, 0.1) is 6.92 Å². The van der Waals surface area contributed by atoms with Gasteiger partial charge in [-0.3, -0.25) is 9.89 Å². The van der Waals surface area contributed by atoms with Gasteiger partial charge in [-0.05, 0) is 37.5 Å². The Morgan fingerprint density at radius 3 is 2.33 bits per heavy atom. The minimum atomic E-state index is -3.56. The van der Waals surface area contributed by atoms with Gasteiger partial charge in [0.1, 0.15) is 4.90 Å². The Kier molecular flexibility index (Phi) is 5.87. The fraction of sp³-hybridized carbons (Fsp3) is 0.364. The summed E-state index contributed by atoms with van der Waals surface area (Å²) in [6.07, 6.45) is 5.75. The Labute approximate surface area is 176 Å². The third kappa shape index (κ3) is 4.11. The molecular formula is C22H26N4O3S. The van der Waals surface area contributed by atoms with Crippen LogP contribution in [0.2, 0.25) is 0 Å². The number of nitrogens with one attached hydrogen (secondary N) is 1. The van der Waals surface area contributed by atoms with Gasteiger partial charge in [-0.2, -0.15) is 4.31 Å². The highest BCUT2D eigenvalue weighted by atomic mass is 32.2. The largest absolute Gasteiger partial charge is 0.294 e. The van der Waals surface area contributed by atoms with Crippen molar-refractivity contribution in [2.24, 2.45) is 0 Å². The van der Waals surface area contributed by atoms with E-state index in [0.29, 0.717) is 30.9 Å². The summed E-state index contributed by atoms with van der Waals surface area (Å²) in [7, 11) is -3.56. The second-order valence-corrected chi connectivity index (χ2v) is 9.63. The monoisotopic (exact) mass is 426 g/mol. The number of nitrogens with zero attached hydrogens (tertiary/aromatic N) is 3. The normalized spacial score (nSPS) is 15.8. The number of pyridine rings is 1. The molecule has 3 heterocycles. The number of hydrogen-bond donors (Lipinski definition) is 1. The van der Waals surface area contributed by atoms with Crippen molar-refractivity contribution in [3.05, 3.63) is 75.8 Å². The predicted molar refractivity (Wildman–Crippen MR) is 115 cm³/mol. The molecule has 0 amide bonds. The zero-order chi connectivity index (χ0) is 21.1. The predicted octanol–water partition coefficient (Wildman–Crippen LogP) is 3.02. The van der Waals surface area contributed by atoms with E-state index in [1.165, 1.54) is 16.9 Å². The Balaban J connectivity index is 1.60. The summed E-state index contributed by atoms with van der Waals surface area (Å²) in [6.45, 7) is 2.94. The number of benzene rings is 1. The molecular weight excluding hydrogens is 400 g/mol. The van der Waals surface area contributed by atoms with E-state index in [1.807, 2.05) is 37.3 Å². The van der Waals surface area contributed by atoms with Crippen LogP contribution in [0.15, 0.2) is 58.4 Å². The lowest BCUT2D eigenvalue weighted by atomic mass is 10.1. The molecule has 0 unspecified atom stereocenters. The maximum Gasteiger partial charge on any atom is 0.276 e. The molecule has 0 saturated carbocycles. The fourth-order valence-electron chi connectivity index (χ4n) is 3.84. The summed E-state index contributed by atoms with van der Waals surface area (Å²) in [5.74, 6) is 0.372. The van der Waals surface area contributed by atoms with Crippen molar-refractivity contribution in [1.82, 2.24) is 19.1 Å². The van der Waals surface area contributed by atoms with Gasteiger partial charge in [-0.25, -0.2) is 18.1 Å². The maximum absolute atomic E-state index is 12.9. The van der Waals surface area contributed by atoms with Crippen molar-refractivity contribution in [2.75, 3.05) is 13.1 Å². The third-order valence-electron chi connectivity index (χ3n) is 5.57. The van der Waals surface area contributed by atoms with Gasteiger partial charge in [0, 0.05) is 37.0 Å². The lowest BCUT2D eigenvalue weighted by molar-refractivity contribution is 0.423. The molecule has 1 N–H and O–H groups in total. The highest BCUT2D eigenvalue weighted by molar-refractivity contribution is 7.89.